The summed E-state index contributed by atoms with van der Waals surface area (Å²) in [6.07, 6.45) is 12.3. The third-order valence-electron chi connectivity index (χ3n) is 6.47. The first-order valence-corrected chi connectivity index (χ1v) is 10.6. The van der Waals surface area contributed by atoms with E-state index in [0.29, 0.717) is 5.75 Å². The van der Waals surface area contributed by atoms with Crippen molar-refractivity contribution in [1.29, 1.82) is 0 Å². The molecule has 2 saturated carbocycles. The fourth-order valence-electron chi connectivity index (χ4n) is 4.92. The Morgan fingerprint density at radius 1 is 1.08 bits per heavy atom. The lowest BCUT2D eigenvalue weighted by Crippen LogP contribution is -2.30. The molecule has 0 amide bonds. The quantitative estimate of drug-likeness (QED) is 0.414. The molecule has 26 heavy (non-hydrogen) atoms. The Kier molecular flexibility index (Phi) is 6.97. The molecule has 0 radical (unpaired) electrons. The van der Waals surface area contributed by atoms with E-state index >= 15 is 0 Å². The summed E-state index contributed by atoms with van der Waals surface area (Å²) in [4.78, 5) is 12.4. The highest BCUT2D eigenvalue weighted by molar-refractivity contribution is 6.30. The Labute approximate surface area is 161 Å². The van der Waals surface area contributed by atoms with Crippen LogP contribution in [0, 0.1) is 29.5 Å². The second kappa shape index (κ2) is 9.21. The Morgan fingerprint density at radius 3 is 2.27 bits per heavy atom. The highest BCUT2D eigenvalue weighted by Crippen LogP contribution is 2.42. The van der Waals surface area contributed by atoms with E-state index in [1.807, 2.05) is 0 Å². The van der Waals surface area contributed by atoms with Gasteiger partial charge in [-0.25, -0.2) is 4.39 Å². The fraction of sp³-hybridized carbons (Fsp3) is 0.682. The minimum absolute atomic E-state index is 0.0160. The molecule has 0 unspecified atom stereocenters. The van der Waals surface area contributed by atoms with Gasteiger partial charge in [0.1, 0.15) is 11.6 Å². The molecule has 0 atom stereocenters. The summed E-state index contributed by atoms with van der Waals surface area (Å²) in [5.41, 5.74) is 0. The first-order chi connectivity index (χ1) is 12.6. The number of hydrogen-bond donors (Lipinski definition) is 0. The van der Waals surface area contributed by atoms with Crippen molar-refractivity contribution in [2.24, 2.45) is 23.7 Å². The van der Waals surface area contributed by atoms with Crippen molar-refractivity contribution in [1.82, 2.24) is 0 Å². The molecule has 0 N–H and O–H groups in total. The molecule has 2 nitrogen and oxygen atoms in total. The predicted octanol–water partition coefficient (Wildman–Crippen LogP) is 6.80. The molecule has 0 bridgehead atoms. The molecular formula is C22H30ClFO2. The van der Waals surface area contributed by atoms with Crippen molar-refractivity contribution in [3.05, 3.63) is 29.0 Å². The van der Waals surface area contributed by atoms with Crippen LogP contribution in [-0.4, -0.2) is 5.97 Å². The molecule has 0 spiro atoms. The van der Waals surface area contributed by atoms with Crippen molar-refractivity contribution < 1.29 is 13.9 Å². The lowest BCUT2D eigenvalue weighted by atomic mass is 9.69. The number of benzene rings is 1. The number of carbonyl (C=O) groups is 1. The zero-order valence-corrected chi connectivity index (χ0v) is 16.4. The van der Waals surface area contributed by atoms with Gasteiger partial charge in [0.15, 0.2) is 0 Å². The second-order valence-corrected chi connectivity index (χ2v) is 8.59. The van der Waals surface area contributed by atoms with Gasteiger partial charge in [-0.15, -0.1) is 0 Å². The Morgan fingerprint density at radius 2 is 1.69 bits per heavy atom. The lowest BCUT2D eigenvalue weighted by molar-refractivity contribution is -0.140. The minimum Gasteiger partial charge on any atom is -0.426 e. The molecule has 3 rings (SSSR count). The van der Waals surface area contributed by atoms with Crippen LogP contribution in [0.25, 0.3) is 0 Å². The summed E-state index contributed by atoms with van der Waals surface area (Å²) in [7, 11) is 0. The zero-order chi connectivity index (χ0) is 18.5. The van der Waals surface area contributed by atoms with Gasteiger partial charge in [-0.2, -0.15) is 0 Å². The van der Waals surface area contributed by atoms with Crippen LogP contribution in [0.5, 0.6) is 5.75 Å². The highest BCUT2D eigenvalue weighted by atomic mass is 35.5. The Bertz CT molecular complexity index is 602. The number of ether oxygens (including phenoxy) is 1. The summed E-state index contributed by atoms with van der Waals surface area (Å²) < 4.78 is 18.6. The van der Waals surface area contributed by atoms with E-state index in [4.69, 9.17) is 16.3 Å². The van der Waals surface area contributed by atoms with Crippen LogP contribution in [0.2, 0.25) is 5.02 Å². The van der Waals surface area contributed by atoms with Crippen LogP contribution in [0.15, 0.2) is 18.2 Å². The molecule has 2 aliphatic rings. The molecule has 4 heteroatoms. The van der Waals surface area contributed by atoms with Gasteiger partial charge in [0.25, 0.3) is 0 Å². The second-order valence-electron chi connectivity index (χ2n) is 8.18. The molecule has 1 aromatic carbocycles. The van der Waals surface area contributed by atoms with Crippen molar-refractivity contribution in [2.45, 2.75) is 71.1 Å². The first-order valence-electron chi connectivity index (χ1n) is 10.2. The van der Waals surface area contributed by atoms with Crippen LogP contribution in [0.4, 0.5) is 4.39 Å². The van der Waals surface area contributed by atoms with Gasteiger partial charge in [-0.1, -0.05) is 44.2 Å². The predicted molar refractivity (Wildman–Crippen MR) is 103 cm³/mol. The summed E-state index contributed by atoms with van der Waals surface area (Å²) in [5, 5.41) is -0.0160. The molecule has 0 aromatic heterocycles. The van der Waals surface area contributed by atoms with E-state index in [9.17, 15) is 9.18 Å². The third-order valence-corrected chi connectivity index (χ3v) is 6.76. The minimum atomic E-state index is -0.499. The topological polar surface area (TPSA) is 26.3 Å². The molecule has 0 saturated heterocycles. The maximum atomic E-state index is 13.2. The number of esters is 1. The average Bonchev–Trinajstić information content (AvgIpc) is 2.66. The summed E-state index contributed by atoms with van der Waals surface area (Å²) >= 11 is 5.75. The van der Waals surface area contributed by atoms with Crippen molar-refractivity contribution in [3.63, 3.8) is 0 Å². The molecule has 0 aliphatic heterocycles. The monoisotopic (exact) mass is 380 g/mol. The molecule has 2 fully saturated rings. The highest BCUT2D eigenvalue weighted by Gasteiger charge is 2.33. The molecule has 144 valence electrons. The maximum absolute atomic E-state index is 13.2. The molecule has 0 heterocycles. The Hall–Kier alpha value is -1.09. The molecule has 2 aliphatic carbocycles. The SMILES string of the molecule is CCCC1CCC(C2CCC(C(=O)Oc3ccc(F)c(Cl)c3)CC2)CC1. The fourth-order valence-corrected chi connectivity index (χ4v) is 5.09. The summed E-state index contributed by atoms with van der Waals surface area (Å²) in [6.45, 7) is 2.28. The molecular weight excluding hydrogens is 351 g/mol. The Balaban J connectivity index is 1.44. The van der Waals surface area contributed by atoms with E-state index in [1.54, 1.807) is 0 Å². The third kappa shape index (κ3) is 5.00. The van der Waals surface area contributed by atoms with Gasteiger partial charge >= 0.3 is 5.97 Å². The summed E-state index contributed by atoms with van der Waals surface area (Å²) in [5.74, 6) is 2.19. The van der Waals surface area contributed by atoms with Crippen LogP contribution in [-0.2, 0) is 4.79 Å². The van der Waals surface area contributed by atoms with Crippen LogP contribution in [0.1, 0.15) is 71.1 Å². The smallest absolute Gasteiger partial charge is 0.314 e. The summed E-state index contributed by atoms with van der Waals surface area (Å²) in [6, 6.07) is 4.06. The number of halogens is 2. The van der Waals surface area contributed by atoms with Gasteiger partial charge < -0.3 is 4.74 Å². The number of rotatable bonds is 5. The van der Waals surface area contributed by atoms with Crippen LogP contribution >= 0.6 is 11.6 Å². The van der Waals surface area contributed by atoms with Crippen LogP contribution < -0.4 is 4.74 Å². The maximum Gasteiger partial charge on any atom is 0.314 e. The van der Waals surface area contributed by atoms with Gasteiger partial charge in [0, 0.05) is 6.07 Å². The van der Waals surface area contributed by atoms with Gasteiger partial charge in [0.05, 0.1) is 10.9 Å². The van der Waals surface area contributed by atoms with Crippen molar-refractivity contribution >= 4 is 17.6 Å². The van der Waals surface area contributed by atoms with Crippen molar-refractivity contribution in [2.75, 3.05) is 0 Å². The first kappa shape index (κ1) is 19.7. The van der Waals surface area contributed by atoms with E-state index in [0.717, 1.165) is 43.4 Å². The van der Waals surface area contributed by atoms with E-state index in [-0.39, 0.29) is 16.9 Å². The van der Waals surface area contributed by atoms with Crippen molar-refractivity contribution in [3.8, 4) is 5.75 Å². The van der Waals surface area contributed by atoms with Gasteiger partial charge in [-0.05, 0) is 68.4 Å². The number of carbonyl (C=O) groups excluding carboxylic acids is 1. The standard InChI is InChI=1S/C22H30ClFO2/c1-2-3-15-4-6-16(7-5-15)17-8-10-18(11-9-17)22(25)26-19-12-13-21(24)20(23)14-19/h12-18H,2-11H2,1H3. The lowest BCUT2D eigenvalue weighted by Gasteiger charge is -2.37. The molecule has 1 aromatic rings. The van der Waals surface area contributed by atoms with E-state index in [1.165, 1.54) is 56.7 Å². The van der Waals surface area contributed by atoms with E-state index < -0.39 is 5.82 Å². The van der Waals surface area contributed by atoms with Gasteiger partial charge in [0.2, 0.25) is 0 Å². The normalized spacial score (nSPS) is 29.3. The largest absolute Gasteiger partial charge is 0.426 e. The van der Waals surface area contributed by atoms with E-state index in [2.05, 4.69) is 6.92 Å². The number of hydrogen-bond acceptors (Lipinski definition) is 2. The average molecular weight is 381 g/mol. The zero-order valence-electron chi connectivity index (χ0n) is 15.7. The van der Waals surface area contributed by atoms with Crippen LogP contribution in [0.3, 0.4) is 0 Å². The van der Waals surface area contributed by atoms with Gasteiger partial charge in [-0.3, -0.25) is 4.79 Å².